The second-order valence-electron chi connectivity index (χ2n) is 3.74. The number of benzene rings is 1. The molecule has 0 aliphatic carbocycles. The molecule has 1 heterocycles. The van der Waals surface area contributed by atoms with Gasteiger partial charge in [-0.15, -0.1) is 11.6 Å². The predicted octanol–water partition coefficient (Wildman–Crippen LogP) is 3.10. The van der Waals surface area contributed by atoms with Crippen molar-refractivity contribution in [3.63, 3.8) is 0 Å². The maximum absolute atomic E-state index is 11.7. The summed E-state index contributed by atoms with van der Waals surface area (Å²) >= 11 is 9.37. The Morgan fingerprint density at radius 3 is 2.80 bits per heavy atom. The topological polar surface area (TPSA) is 20.3 Å². The molecule has 4 heteroatoms. The first kappa shape index (κ1) is 11.0. The SMILES string of the molecule is Cc1cc(Br)ccc1N1CC(Cl)CC1=O. The summed E-state index contributed by atoms with van der Waals surface area (Å²) < 4.78 is 1.03. The summed E-state index contributed by atoms with van der Waals surface area (Å²) in [6, 6.07) is 5.90. The minimum absolute atomic E-state index is 0.0550. The average molecular weight is 289 g/mol. The van der Waals surface area contributed by atoms with Crippen LogP contribution in [0.1, 0.15) is 12.0 Å². The first-order chi connectivity index (χ1) is 7.08. The van der Waals surface area contributed by atoms with Crippen molar-refractivity contribution in [2.24, 2.45) is 0 Å². The lowest BCUT2D eigenvalue weighted by molar-refractivity contribution is -0.117. The van der Waals surface area contributed by atoms with Gasteiger partial charge >= 0.3 is 0 Å². The molecule has 1 aromatic rings. The van der Waals surface area contributed by atoms with Gasteiger partial charge in [0.2, 0.25) is 5.91 Å². The number of carbonyl (C=O) groups is 1. The highest BCUT2D eigenvalue weighted by Crippen LogP contribution is 2.28. The molecular weight excluding hydrogens is 277 g/mol. The molecule has 2 nitrogen and oxygen atoms in total. The van der Waals surface area contributed by atoms with E-state index in [9.17, 15) is 4.79 Å². The predicted molar refractivity (Wildman–Crippen MR) is 65.5 cm³/mol. The van der Waals surface area contributed by atoms with Crippen LogP contribution in [0.5, 0.6) is 0 Å². The van der Waals surface area contributed by atoms with E-state index in [0.717, 1.165) is 15.7 Å². The maximum Gasteiger partial charge on any atom is 0.228 e. The molecule has 0 bridgehead atoms. The van der Waals surface area contributed by atoms with Crippen LogP contribution in [-0.2, 0) is 4.79 Å². The highest BCUT2D eigenvalue weighted by molar-refractivity contribution is 9.10. The lowest BCUT2D eigenvalue weighted by Crippen LogP contribution is -2.25. The summed E-state index contributed by atoms with van der Waals surface area (Å²) in [7, 11) is 0. The highest BCUT2D eigenvalue weighted by atomic mass is 79.9. The number of nitrogens with zero attached hydrogens (tertiary/aromatic N) is 1. The maximum atomic E-state index is 11.7. The van der Waals surface area contributed by atoms with E-state index < -0.39 is 0 Å². The molecule has 0 saturated carbocycles. The molecular formula is C11H11BrClNO. The number of hydrogen-bond donors (Lipinski definition) is 0. The van der Waals surface area contributed by atoms with Gasteiger partial charge in [-0.05, 0) is 30.7 Å². The first-order valence-corrected chi connectivity index (χ1v) is 6.01. The van der Waals surface area contributed by atoms with Gasteiger partial charge in [-0.3, -0.25) is 4.79 Å². The van der Waals surface area contributed by atoms with Gasteiger partial charge in [0.1, 0.15) is 0 Å². The second kappa shape index (κ2) is 4.14. The fourth-order valence-electron chi connectivity index (χ4n) is 1.82. The zero-order valence-electron chi connectivity index (χ0n) is 8.34. The standard InChI is InChI=1S/C11H11BrClNO/c1-7-4-8(12)2-3-10(7)14-6-9(13)5-11(14)15/h2-4,9H,5-6H2,1H3. The Morgan fingerprint density at radius 1 is 1.53 bits per heavy atom. The number of aryl methyl sites for hydroxylation is 1. The lowest BCUT2D eigenvalue weighted by Gasteiger charge is -2.18. The van der Waals surface area contributed by atoms with Crippen LogP contribution >= 0.6 is 27.5 Å². The Hall–Kier alpha value is -0.540. The van der Waals surface area contributed by atoms with Crippen LogP contribution in [0, 0.1) is 6.92 Å². The monoisotopic (exact) mass is 287 g/mol. The minimum Gasteiger partial charge on any atom is -0.311 e. The van der Waals surface area contributed by atoms with Gasteiger partial charge in [-0.25, -0.2) is 0 Å². The second-order valence-corrected chi connectivity index (χ2v) is 5.27. The minimum atomic E-state index is -0.0550. The summed E-state index contributed by atoms with van der Waals surface area (Å²) in [6.07, 6.45) is 0.442. The van der Waals surface area contributed by atoms with Crippen LogP contribution in [0.25, 0.3) is 0 Å². The van der Waals surface area contributed by atoms with Crippen molar-refractivity contribution in [2.75, 3.05) is 11.4 Å². The zero-order valence-corrected chi connectivity index (χ0v) is 10.7. The van der Waals surface area contributed by atoms with Crippen LogP contribution in [0.15, 0.2) is 22.7 Å². The van der Waals surface area contributed by atoms with Gasteiger partial charge in [0, 0.05) is 23.1 Å². The van der Waals surface area contributed by atoms with Crippen LogP contribution in [0.3, 0.4) is 0 Å². The third-order valence-corrected chi connectivity index (χ3v) is 3.31. The Bertz CT molecular complexity index is 408. The van der Waals surface area contributed by atoms with Crippen molar-refractivity contribution in [1.82, 2.24) is 0 Å². The average Bonchev–Trinajstić information content (AvgIpc) is 2.45. The van der Waals surface area contributed by atoms with E-state index in [2.05, 4.69) is 15.9 Å². The molecule has 1 amide bonds. The fraction of sp³-hybridized carbons (Fsp3) is 0.364. The third-order valence-electron chi connectivity index (χ3n) is 2.53. The number of alkyl halides is 1. The van der Waals surface area contributed by atoms with Crippen molar-refractivity contribution in [3.8, 4) is 0 Å². The number of carbonyl (C=O) groups excluding carboxylic acids is 1. The van der Waals surface area contributed by atoms with Gasteiger partial charge in [-0.1, -0.05) is 15.9 Å². The molecule has 1 aliphatic heterocycles. The van der Waals surface area contributed by atoms with E-state index in [0.29, 0.717) is 13.0 Å². The molecule has 1 atom stereocenters. The largest absolute Gasteiger partial charge is 0.311 e. The number of amides is 1. The summed E-state index contributed by atoms with van der Waals surface area (Å²) in [4.78, 5) is 13.4. The van der Waals surface area contributed by atoms with Crippen molar-refractivity contribution in [3.05, 3.63) is 28.2 Å². The Kier molecular flexibility index (Phi) is 3.03. The molecule has 0 radical (unpaired) electrons. The third kappa shape index (κ3) is 2.18. The van der Waals surface area contributed by atoms with Crippen LogP contribution in [0.2, 0.25) is 0 Å². The highest BCUT2D eigenvalue weighted by Gasteiger charge is 2.29. The number of anilines is 1. The van der Waals surface area contributed by atoms with Gasteiger partial charge < -0.3 is 4.90 Å². The first-order valence-electron chi connectivity index (χ1n) is 4.78. The molecule has 1 fully saturated rings. The molecule has 80 valence electrons. The van der Waals surface area contributed by atoms with Crippen molar-refractivity contribution in [2.45, 2.75) is 18.7 Å². The lowest BCUT2D eigenvalue weighted by atomic mass is 10.2. The molecule has 0 spiro atoms. The van der Waals surface area contributed by atoms with E-state index in [1.54, 1.807) is 4.90 Å². The van der Waals surface area contributed by atoms with E-state index in [1.807, 2.05) is 25.1 Å². The number of rotatable bonds is 1. The van der Waals surface area contributed by atoms with Gasteiger partial charge in [0.05, 0.1) is 5.38 Å². The molecule has 2 rings (SSSR count). The molecule has 1 unspecified atom stereocenters. The quantitative estimate of drug-likeness (QED) is 0.727. The van der Waals surface area contributed by atoms with E-state index in [4.69, 9.17) is 11.6 Å². The molecule has 1 aromatic carbocycles. The number of hydrogen-bond acceptors (Lipinski definition) is 1. The summed E-state index contributed by atoms with van der Waals surface area (Å²) in [6.45, 7) is 2.61. The molecule has 0 N–H and O–H groups in total. The van der Waals surface area contributed by atoms with Crippen LogP contribution < -0.4 is 4.90 Å². The Morgan fingerprint density at radius 2 is 2.27 bits per heavy atom. The Labute approximate surface area is 102 Å². The van der Waals surface area contributed by atoms with Crippen molar-refractivity contribution in [1.29, 1.82) is 0 Å². The van der Waals surface area contributed by atoms with E-state index in [-0.39, 0.29) is 11.3 Å². The summed E-state index contributed by atoms with van der Waals surface area (Å²) in [5, 5.41) is -0.0550. The van der Waals surface area contributed by atoms with E-state index >= 15 is 0 Å². The van der Waals surface area contributed by atoms with Crippen molar-refractivity contribution < 1.29 is 4.79 Å². The van der Waals surface area contributed by atoms with Crippen molar-refractivity contribution >= 4 is 39.1 Å². The van der Waals surface area contributed by atoms with Gasteiger partial charge in [-0.2, -0.15) is 0 Å². The van der Waals surface area contributed by atoms with Crippen LogP contribution in [0.4, 0.5) is 5.69 Å². The summed E-state index contributed by atoms with van der Waals surface area (Å²) in [5.74, 6) is 0.112. The molecule has 15 heavy (non-hydrogen) atoms. The normalized spacial score (nSPS) is 21.1. The summed E-state index contributed by atoms with van der Waals surface area (Å²) in [5.41, 5.74) is 2.05. The van der Waals surface area contributed by atoms with Gasteiger partial charge in [0.15, 0.2) is 0 Å². The molecule has 1 aliphatic rings. The molecule has 1 saturated heterocycles. The van der Waals surface area contributed by atoms with E-state index in [1.165, 1.54) is 0 Å². The zero-order chi connectivity index (χ0) is 11.0. The van der Waals surface area contributed by atoms with Crippen LogP contribution in [-0.4, -0.2) is 17.8 Å². The van der Waals surface area contributed by atoms with Gasteiger partial charge in [0.25, 0.3) is 0 Å². The fourth-order valence-corrected chi connectivity index (χ4v) is 2.56. The Balaban J connectivity index is 2.34. The molecule has 0 aromatic heterocycles. The number of halogens is 2. The smallest absolute Gasteiger partial charge is 0.228 e.